The van der Waals surface area contributed by atoms with Gasteiger partial charge in [0.2, 0.25) is 40.8 Å². The van der Waals surface area contributed by atoms with Gasteiger partial charge >= 0.3 is 5.97 Å². The number of aryl methyl sites for hydroxylation is 1. The predicted molar refractivity (Wildman–Crippen MR) is 122 cm³/mol. The molecule has 1 aliphatic heterocycles. The molecule has 1 atom stereocenters. The lowest BCUT2D eigenvalue weighted by atomic mass is 10.0. The number of hydrogen-bond acceptors (Lipinski definition) is 8. The molecule has 4 rings (SSSR count). The SMILES string of the molecule is COc1c(C)cnc(CN2C[C@H](CC(=O)Oc3c(F)c(F)c(F)c(F)c3F)c3c(Cl)nc(N)nc32)c1C. The second kappa shape index (κ2) is 9.96. The predicted octanol–water partition coefficient (Wildman–Crippen LogP) is 4.53. The van der Waals surface area contributed by atoms with E-state index in [1.54, 1.807) is 11.1 Å². The van der Waals surface area contributed by atoms with E-state index in [-0.39, 0.29) is 24.2 Å². The van der Waals surface area contributed by atoms with Gasteiger partial charge in [-0.15, -0.1) is 0 Å². The van der Waals surface area contributed by atoms with Crippen LogP contribution in [-0.2, 0) is 11.3 Å². The first-order valence-electron chi connectivity index (χ1n) is 10.7. The highest BCUT2D eigenvalue weighted by Crippen LogP contribution is 2.42. The number of anilines is 2. The van der Waals surface area contributed by atoms with Crippen molar-refractivity contribution in [3.63, 3.8) is 0 Å². The summed E-state index contributed by atoms with van der Waals surface area (Å²) in [5, 5.41) is -0.0646. The smallest absolute Gasteiger partial charge is 0.312 e. The molecule has 2 aromatic heterocycles. The number of benzene rings is 1. The van der Waals surface area contributed by atoms with Crippen LogP contribution in [0.2, 0.25) is 5.15 Å². The summed E-state index contributed by atoms with van der Waals surface area (Å²) >= 11 is 6.28. The van der Waals surface area contributed by atoms with Crippen LogP contribution < -0.4 is 20.1 Å². The zero-order valence-electron chi connectivity index (χ0n) is 19.6. The Hall–Kier alpha value is -3.74. The first-order chi connectivity index (χ1) is 17.4. The standard InChI is InChI=1S/C23H19ClF5N5O3/c1-8-5-31-11(9(2)19(8)36-3)7-34-6-10(13-21(24)32-23(30)33-22(13)34)4-12(35)37-20-17(28)15(26)14(25)16(27)18(20)29/h5,10H,4,6-7H2,1-3H3,(H2,30,32,33)/t10-/m0/s1. The van der Waals surface area contributed by atoms with Gasteiger partial charge in [-0.2, -0.15) is 13.8 Å². The van der Waals surface area contributed by atoms with Crippen molar-refractivity contribution in [2.45, 2.75) is 32.7 Å². The Balaban J connectivity index is 1.63. The molecule has 196 valence electrons. The third kappa shape index (κ3) is 4.70. The van der Waals surface area contributed by atoms with E-state index in [4.69, 9.17) is 22.1 Å². The number of nitrogens with two attached hydrogens (primary N) is 1. The molecule has 1 aliphatic rings. The number of carbonyl (C=O) groups excluding carboxylic acids is 1. The molecule has 0 aliphatic carbocycles. The summed E-state index contributed by atoms with van der Waals surface area (Å²) in [6.07, 6.45) is 1.10. The van der Waals surface area contributed by atoms with Gasteiger partial charge in [0.1, 0.15) is 16.7 Å². The average molecular weight is 544 g/mol. The molecular weight excluding hydrogens is 525 g/mol. The first kappa shape index (κ1) is 26.3. The third-order valence-electron chi connectivity index (χ3n) is 5.93. The number of pyridine rings is 1. The number of aromatic nitrogens is 3. The Labute approximate surface area is 212 Å². The number of rotatable bonds is 6. The van der Waals surface area contributed by atoms with Crippen molar-refractivity contribution in [3.05, 3.63) is 62.8 Å². The van der Waals surface area contributed by atoms with Crippen molar-refractivity contribution in [1.29, 1.82) is 0 Å². The number of carbonyl (C=O) groups is 1. The number of esters is 1. The van der Waals surface area contributed by atoms with Gasteiger partial charge in [0, 0.05) is 35.3 Å². The van der Waals surface area contributed by atoms with Crippen LogP contribution in [0, 0.1) is 42.9 Å². The van der Waals surface area contributed by atoms with Crippen LogP contribution in [0.1, 0.15) is 34.7 Å². The van der Waals surface area contributed by atoms with Crippen molar-refractivity contribution < 1.29 is 36.2 Å². The molecule has 0 amide bonds. The van der Waals surface area contributed by atoms with Gasteiger partial charge in [0.05, 0.1) is 25.8 Å². The molecule has 14 heteroatoms. The van der Waals surface area contributed by atoms with Crippen LogP contribution in [0.5, 0.6) is 11.5 Å². The van der Waals surface area contributed by atoms with E-state index in [9.17, 15) is 26.7 Å². The second-order valence-electron chi connectivity index (χ2n) is 8.31. The highest BCUT2D eigenvalue weighted by molar-refractivity contribution is 6.30. The van der Waals surface area contributed by atoms with Crippen molar-refractivity contribution in [2.75, 3.05) is 24.3 Å². The summed E-state index contributed by atoms with van der Waals surface area (Å²) in [4.78, 5) is 26.9. The fraction of sp³-hybridized carbons (Fsp3) is 0.304. The maximum absolute atomic E-state index is 14.0. The maximum atomic E-state index is 14.0. The van der Waals surface area contributed by atoms with Crippen LogP contribution in [0.4, 0.5) is 33.7 Å². The minimum atomic E-state index is -2.37. The summed E-state index contributed by atoms with van der Waals surface area (Å²) < 4.78 is 78.2. The molecule has 8 nitrogen and oxygen atoms in total. The monoisotopic (exact) mass is 543 g/mol. The van der Waals surface area contributed by atoms with Gasteiger partial charge in [-0.1, -0.05) is 11.6 Å². The molecule has 0 unspecified atom stereocenters. The maximum Gasteiger partial charge on any atom is 0.312 e. The third-order valence-corrected chi connectivity index (χ3v) is 6.22. The molecule has 2 N–H and O–H groups in total. The molecule has 3 aromatic rings. The van der Waals surface area contributed by atoms with Crippen LogP contribution in [-0.4, -0.2) is 34.6 Å². The van der Waals surface area contributed by atoms with Crippen molar-refractivity contribution in [3.8, 4) is 11.5 Å². The van der Waals surface area contributed by atoms with E-state index in [2.05, 4.69) is 19.7 Å². The number of nitrogens with zero attached hydrogens (tertiary/aromatic N) is 4. The summed E-state index contributed by atoms with van der Waals surface area (Å²) in [7, 11) is 1.53. The number of fused-ring (bicyclic) bond motifs is 1. The average Bonchev–Trinajstić information content (AvgIpc) is 3.18. The van der Waals surface area contributed by atoms with E-state index >= 15 is 0 Å². The molecule has 0 saturated carbocycles. The number of halogens is 6. The van der Waals surface area contributed by atoms with Crippen molar-refractivity contribution in [1.82, 2.24) is 15.0 Å². The molecule has 0 bridgehead atoms. The molecule has 0 radical (unpaired) electrons. The lowest BCUT2D eigenvalue weighted by Crippen LogP contribution is -2.25. The quantitative estimate of drug-likeness (QED) is 0.121. The number of hydrogen-bond donors (Lipinski definition) is 1. The largest absolute Gasteiger partial charge is 0.496 e. The van der Waals surface area contributed by atoms with Gasteiger partial charge in [-0.25, -0.2) is 18.2 Å². The molecule has 0 saturated heterocycles. The zero-order valence-corrected chi connectivity index (χ0v) is 20.4. The fourth-order valence-corrected chi connectivity index (χ4v) is 4.56. The first-order valence-corrected chi connectivity index (χ1v) is 11.1. The Morgan fingerprint density at radius 3 is 2.32 bits per heavy atom. The minimum Gasteiger partial charge on any atom is -0.496 e. The summed E-state index contributed by atoms with van der Waals surface area (Å²) in [5.41, 5.74) is 8.30. The Kier molecular flexibility index (Phi) is 7.09. The van der Waals surface area contributed by atoms with E-state index in [0.29, 0.717) is 22.8 Å². The van der Waals surface area contributed by atoms with Crippen LogP contribution in [0.3, 0.4) is 0 Å². The lowest BCUT2D eigenvalue weighted by molar-refractivity contribution is -0.135. The molecule has 37 heavy (non-hydrogen) atoms. The molecule has 1 aromatic carbocycles. The fourth-order valence-electron chi connectivity index (χ4n) is 4.23. The molecule has 3 heterocycles. The van der Waals surface area contributed by atoms with Gasteiger partial charge in [-0.05, 0) is 13.8 Å². The molecule has 0 spiro atoms. The van der Waals surface area contributed by atoms with Crippen LogP contribution in [0.25, 0.3) is 0 Å². The van der Waals surface area contributed by atoms with Gasteiger partial charge in [0.15, 0.2) is 0 Å². The van der Waals surface area contributed by atoms with E-state index in [1.165, 1.54) is 7.11 Å². The van der Waals surface area contributed by atoms with Gasteiger partial charge in [0.25, 0.3) is 0 Å². The van der Waals surface area contributed by atoms with E-state index in [1.807, 2.05) is 13.8 Å². The van der Waals surface area contributed by atoms with Crippen LogP contribution in [0.15, 0.2) is 6.20 Å². The van der Waals surface area contributed by atoms with Crippen molar-refractivity contribution in [2.24, 2.45) is 0 Å². The summed E-state index contributed by atoms with van der Waals surface area (Å²) in [6, 6.07) is 0. The van der Waals surface area contributed by atoms with Gasteiger partial charge in [-0.3, -0.25) is 9.78 Å². The second-order valence-corrected chi connectivity index (χ2v) is 8.67. The van der Waals surface area contributed by atoms with Crippen molar-refractivity contribution >= 4 is 29.3 Å². The van der Waals surface area contributed by atoms with Crippen LogP contribution >= 0.6 is 11.6 Å². The van der Waals surface area contributed by atoms with Gasteiger partial charge < -0.3 is 20.1 Å². The normalized spacial score (nSPS) is 14.6. The van der Waals surface area contributed by atoms with E-state index in [0.717, 1.165) is 11.1 Å². The Morgan fingerprint density at radius 1 is 1.08 bits per heavy atom. The van der Waals surface area contributed by atoms with E-state index < -0.39 is 53.1 Å². The topological polar surface area (TPSA) is 103 Å². The number of ether oxygens (including phenoxy) is 2. The highest BCUT2D eigenvalue weighted by atomic mass is 35.5. The highest BCUT2D eigenvalue weighted by Gasteiger charge is 2.37. The Bertz CT molecular complexity index is 1400. The number of nitrogen functional groups attached to an aromatic ring is 1. The molecular formula is C23H19ClF5N5O3. The minimum absolute atomic E-state index is 0.0646. The molecule has 0 fully saturated rings. The summed E-state index contributed by atoms with van der Waals surface area (Å²) in [6.45, 7) is 3.97. The lowest BCUT2D eigenvalue weighted by Gasteiger charge is -2.21. The number of methoxy groups -OCH3 is 1. The Morgan fingerprint density at radius 2 is 1.70 bits per heavy atom. The zero-order chi connectivity index (χ0) is 27.2. The summed E-state index contributed by atoms with van der Waals surface area (Å²) in [5.74, 6) is -14.3.